The summed E-state index contributed by atoms with van der Waals surface area (Å²) in [5, 5.41) is 12.9. The van der Waals surface area contributed by atoms with Gasteiger partial charge in [-0.25, -0.2) is 4.98 Å². The summed E-state index contributed by atoms with van der Waals surface area (Å²) in [6, 6.07) is 0. The largest absolute Gasteiger partial charge is 0.481 e. The fourth-order valence-electron chi connectivity index (χ4n) is 3.39. The maximum atomic E-state index is 12.2. The average molecular weight is 308 g/mol. The SMILES string of the molecule is O=C(CC1(C(=O)O)CCCC1)Nc1nc2c(s1)CCCC2. The first kappa shape index (κ1) is 14.5. The lowest BCUT2D eigenvalue weighted by Gasteiger charge is -2.22. The predicted octanol–water partition coefficient (Wildman–Crippen LogP) is 3.00. The number of hydrogen-bond acceptors (Lipinski definition) is 4. The van der Waals surface area contributed by atoms with Crippen LogP contribution in [0.4, 0.5) is 5.13 Å². The molecular weight excluding hydrogens is 288 g/mol. The molecular formula is C15H20N2O3S. The highest BCUT2D eigenvalue weighted by molar-refractivity contribution is 7.15. The molecule has 1 fully saturated rings. The molecule has 114 valence electrons. The Bertz CT molecular complexity index is 538. The topological polar surface area (TPSA) is 79.3 Å². The molecule has 2 N–H and O–H groups in total. The molecule has 2 aliphatic rings. The van der Waals surface area contributed by atoms with E-state index in [2.05, 4.69) is 10.3 Å². The van der Waals surface area contributed by atoms with Gasteiger partial charge in [-0.05, 0) is 38.5 Å². The quantitative estimate of drug-likeness (QED) is 0.896. The number of amides is 1. The van der Waals surface area contributed by atoms with Crippen molar-refractivity contribution in [3.63, 3.8) is 0 Å². The van der Waals surface area contributed by atoms with Crippen molar-refractivity contribution in [2.45, 2.75) is 57.8 Å². The monoisotopic (exact) mass is 308 g/mol. The Balaban J connectivity index is 1.66. The third-order valence-corrected chi connectivity index (χ3v) is 5.68. The Morgan fingerprint density at radius 3 is 2.57 bits per heavy atom. The summed E-state index contributed by atoms with van der Waals surface area (Å²) in [4.78, 5) is 29.4. The van der Waals surface area contributed by atoms with Gasteiger partial charge in [0.05, 0.1) is 11.1 Å². The molecule has 3 rings (SSSR count). The van der Waals surface area contributed by atoms with Gasteiger partial charge < -0.3 is 10.4 Å². The number of carboxylic acid groups (broad SMARTS) is 1. The van der Waals surface area contributed by atoms with Gasteiger partial charge in [0.2, 0.25) is 5.91 Å². The number of rotatable bonds is 4. The van der Waals surface area contributed by atoms with E-state index in [1.807, 2.05) is 0 Å². The zero-order chi connectivity index (χ0) is 14.9. The van der Waals surface area contributed by atoms with Crippen molar-refractivity contribution in [1.82, 2.24) is 4.98 Å². The third kappa shape index (κ3) is 2.95. The minimum Gasteiger partial charge on any atom is -0.481 e. The van der Waals surface area contributed by atoms with Crippen LogP contribution in [-0.4, -0.2) is 22.0 Å². The summed E-state index contributed by atoms with van der Waals surface area (Å²) in [5.41, 5.74) is 0.247. The number of nitrogens with one attached hydrogen (secondary N) is 1. The Morgan fingerprint density at radius 2 is 1.90 bits per heavy atom. The molecule has 0 spiro atoms. The van der Waals surface area contributed by atoms with Crippen LogP contribution in [0.25, 0.3) is 0 Å². The van der Waals surface area contributed by atoms with Crippen LogP contribution in [-0.2, 0) is 22.4 Å². The van der Waals surface area contributed by atoms with E-state index in [4.69, 9.17) is 0 Å². The second-order valence-electron chi connectivity index (χ2n) is 6.11. The number of hydrogen-bond donors (Lipinski definition) is 2. The lowest BCUT2D eigenvalue weighted by Crippen LogP contribution is -2.32. The van der Waals surface area contributed by atoms with E-state index in [0.29, 0.717) is 18.0 Å². The predicted molar refractivity (Wildman–Crippen MR) is 80.5 cm³/mol. The maximum Gasteiger partial charge on any atom is 0.310 e. The molecule has 2 aliphatic carbocycles. The summed E-state index contributed by atoms with van der Waals surface area (Å²) >= 11 is 1.54. The summed E-state index contributed by atoms with van der Waals surface area (Å²) in [6.45, 7) is 0. The number of nitrogens with zero attached hydrogens (tertiary/aromatic N) is 1. The normalized spacial score (nSPS) is 20.0. The highest BCUT2D eigenvalue weighted by atomic mass is 32.1. The molecule has 5 nitrogen and oxygen atoms in total. The number of thiazole rings is 1. The molecule has 1 amide bonds. The van der Waals surface area contributed by atoms with Crippen molar-refractivity contribution in [1.29, 1.82) is 0 Å². The first-order valence-corrected chi connectivity index (χ1v) is 8.43. The zero-order valence-corrected chi connectivity index (χ0v) is 12.8. The molecule has 0 radical (unpaired) electrons. The van der Waals surface area contributed by atoms with Gasteiger partial charge in [-0.15, -0.1) is 11.3 Å². The van der Waals surface area contributed by atoms with Crippen LogP contribution < -0.4 is 5.32 Å². The van der Waals surface area contributed by atoms with Crippen LogP contribution >= 0.6 is 11.3 Å². The van der Waals surface area contributed by atoms with Crippen LogP contribution in [0.15, 0.2) is 0 Å². The fourth-order valence-corrected chi connectivity index (χ4v) is 4.46. The molecule has 0 saturated heterocycles. The first-order valence-electron chi connectivity index (χ1n) is 7.61. The van der Waals surface area contributed by atoms with Gasteiger partial charge >= 0.3 is 5.97 Å². The number of aliphatic carboxylic acids is 1. The van der Waals surface area contributed by atoms with Crippen LogP contribution in [0, 0.1) is 5.41 Å². The molecule has 0 atom stereocenters. The Labute approximate surface area is 127 Å². The van der Waals surface area contributed by atoms with Gasteiger partial charge in [0.1, 0.15) is 0 Å². The van der Waals surface area contributed by atoms with E-state index >= 15 is 0 Å². The van der Waals surface area contributed by atoms with E-state index in [0.717, 1.165) is 37.8 Å². The molecule has 0 bridgehead atoms. The van der Waals surface area contributed by atoms with Gasteiger partial charge in [-0.3, -0.25) is 9.59 Å². The standard InChI is InChI=1S/C15H20N2O3S/c18-12(9-15(13(19)20)7-3-4-8-15)17-14-16-10-5-1-2-6-11(10)21-14/h1-9H2,(H,19,20)(H,16,17,18). The smallest absolute Gasteiger partial charge is 0.310 e. The van der Waals surface area contributed by atoms with Crippen LogP contribution in [0.2, 0.25) is 0 Å². The van der Waals surface area contributed by atoms with Crippen molar-refractivity contribution in [3.8, 4) is 0 Å². The summed E-state index contributed by atoms with van der Waals surface area (Å²) in [7, 11) is 0. The van der Waals surface area contributed by atoms with Crippen LogP contribution in [0.3, 0.4) is 0 Å². The molecule has 1 aromatic heterocycles. The van der Waals surface area contributed by atoms with E-state index in [-0.39, 0.29) is 12.3 Å². The van der Waals surface area contributed by atoms with E-state index in [9.17, 15) is 14.7 Å². The molecule has 6 heteroatoms. The third-order valence-electron chi connectivity index (χ3n) is 4.61. The molecule has 21 heavy (non-hydrogen) atoms. The number of carbonyl (C=O) groups excluding carboxylic acids is 1. The number of anilines is 1. The number of carboxylic acids is 1. The van der Waals surface area contributed by atoms with Gasteiger partial charge in [0.15, 0.2) is 5.13 Å². The zero-order valence-electron chi connectivity index (χ0n) is 12.0. The van der Waals surface area contributed by atoms with Gasteiger partial charge in [0, 0.05) is 11.3 Å². The van der Waals surface area contributed by atoms with Crippen molar-refractivity contribution >= 4 is 28.3 Å². The summed E-state index contributed by atoms with van der Waals surface area (Å²) < 4.78 is 0. The lowest BCUT2D eigenvalue weighted by molar-refractivity contribution is -0.150. The molecule has 1 saturated carbocycles. The molecule has 0 aromatic carbocycles. The Hall–Kier alpha value is -1.43. The highest BCUT2D eigenvalue weighted by Gasteiger charge is 2.43. The Morgan fingerprint density at radius 1 is 1.19 bits per heavy atom. The van der Waals surface area contributed by atoms with Gasteiger partial charge in [-0.1, -0.05) is 12.8 Å². The second kappa shape index (κ2) is 5.75. The first-order chi connectivity index (χ1) is 10.1. The molecule has 1 heterocycles. The number of aromatic nitrogens is 1. The van der Waals surface area contributed by atoms with E-state index in [1.165, 1.54) is 22.6 Å². The number of carbonyl (C=O) groups is 2. The van der Waals surface area contributed by atoms with Crippen molar-refractivity contribution in [3.05, 3.63) is 10.6 Å². The van der Waals surface area contributed by atoms with E-state index in [1.54, 1.807) is 0 Å². The van der Waals surface area contributed by atoms with Gasteiger partial charge in [0.25, 0.3) is 0 Å². The van der Waals surface area contributed by atoms with Crippen molar-refractivity contribution in [2.75, 3.05) is 5.32 Å². The fraction of sp³-hybridized carbons (Fsp3) is 0.667. The summed E-state index contributed by atoms with van der Waals surface area (Å²) in [6.07, 6.45) is 7.43. The van der Waals surface area contributed by atoms with Crippen molar-refractivity contribution < 1.29 is 14.7 Å². The highest BCUT2D eigenvalue weighted by Crippen LogP contribution is 2.41. The average Bonchev–Trinajstić information content (AvgIpc) is 3.05. The minimum absolute atomic E-state index is 0.0621. The van der Waals surface area contributed by atoms with Gasteiger partial charge in [-0.2, -0.15) is 0 Å². The second-order valence-corrected chi connectivity index (χ2v) is 7.20. The molecule has 1 aromatic rings. The molecule has 0 aliphatic heterocycles. The van der Waals surface area contributed by atoms with E-state index < -0.39 is 11.4 Å². The Kier molecular flexibility index (Phi) is 3.97. The maximum absolute atomic E-state index is 12.2. The van der Waals surface area contributed by atoms with Crippen LogP contribution in [0.1, 0.15) is 55.5 Å². The summed E-state index contributed by atoms with van der Waals surface area (Å²) in [5.74, 6) is -1.06. The minimum atomic E-state index is -0.860. The number of aryl methyl sites for hydroxylation is 2. The van der Waals surface area contributed by atoms with Crippen LogP contribution in [0.5, 0.6) is 0 Å². The van der Waals surface area contributed by atoms with Crippen molar-refractivity contribution in [2.24, 2.45) is 5.41 Å². The lowest BCUT2D eigenvalue weighted by atomic mass is 9.82. The molecule has 0 unspecified atom stereocenters. The number of fused-ring (bicyclic) bond motifs is 1.